The third kappa shape index (κ3) is 2.38. The molecule has 23 heavy (non-hydrogen) atoms. The molecule has 0 radical (unpaired) electrons. The minimum atomic E-state index is 0.243. The van der Waals surface area contributed by atoms with Gasteiger partial charge in [-0.25, -0.2) is 4.98 Å². The first-order chi connectivity index (χ1) is 11.2. The predicted octanol–water partition coefficient (Wildman–Crippen LogP) is 3.74. The molecule has 0 unspecified atom stereocenters. The summed E-state index contributed by atoms with van der Waals surface area (Å²) < 4.78 is 0. The lowest BCUT2D eigenvalue weighted by atomic mass is 10.1. The molecular weight excluding hydrogens is 290 g/mol. The number of benzene rings is 2. The number of fused-ring (bicyclic) bond motifs is 1. The minimum absolute atomic E-state index is 0.243. The van der Waals surface area contributed by atoms with E-state index in [1.807, 2.05) is 30.5 Å². The highest BCUT2D eigenvalue weighted by molar-refractivity contribution is 5.86. The summed E-state index contributed by atoms with van der Waals surface area (Å²) in [7, 11) is 0. The molecule has 3 N–H and O–H groups in total. The number of hydrogen-bond acceptors (Lipinski definition) is 3. The minimum Gasteiger partial charge on any atom is -0.508 e. The SMILES string of the molecule is O=Cc1ccc2[nH]c(-c3cc(-c4ccc(O)cc4)c[nH]3)nc2c1. The molecule has 0 bridgehead atoms. The Balaban J connectivity index is 1.73. The molecule has 5 heteroatoms. The van der Waals surface area contributed by atoms with Gasteiger partial charge in [0.05, 0.1) is 16.7 Å². The van der Waals surface area contributed by atoms with Crippen LogP contribution in [0.25, 0.3) is 33.7 Å². The van der Waals surface area contributed by atoms with Crippen molar-refractivity contribution in [2.24, 2.45) is 0 Å². The van der Waals surface area contributed by atoms with E-state index in [1.54, 1.807) is 24.3 Å². The summed E-state index contributed by atoms with van der Waals surface area (Å²) in [5, 5.41) is 9.36. The summed E-state index contributed by atoms with van der Waals surface area (Å²) in [6.45, 7) is 0. The Morgan fingerprint density at radius 1 is 1.00 bits per heavy atom. The molecule has 0 saturated carbocycles. The summed E-state index contributed by atoms with van der Waals surface area (Å²) in [5.74, 6) is 0.959. The lowest BCUT2D eigenvalue weighted by Gasteiger charge is -1.96. The van der Waals surface area contributed by atoms with Crippen molar-refractivity contribution in [3.05, 3.63) is 60.3 Å². The standard InChI is InChI=1S/C18H13N3O2/c22-10-11-1-6-15-16(7-11)21-18(20-15)17-8-13(9-19-17)12-2-4-14(23)5-3-12/h1-10,19,23H,(H,20,21). The van der Waals surface area contributed by atoms with Crippen molar-refractivity contribution in [1.82, 2.24) is 15.0 Å². The van der Waals surface area contributed by atoms with Crippen molar-refractivity contribution in [3.63, 3.8) is 0 Å². The zero-order chi connectivity index (χ0) is 15.8. The van der Waals surface area contributed by atoms with E-state index < -0.39 is 0 Å². The van der Waals surface area contributed by atoms with Crippen molar-refractivity contribution >= 4 is 17.3 Å². The molecule has 2 aromatic carbocycles. The Labute approximate surface area is 131 Å². The Morgan fingerprint density at radius 3 is 2.61 bits per heavy atom. The smallest absolute Gasteiger partial charge is 0.154 e. The second-order valence-corrected chi connectivity index (χ2v) is 5.33. The van der Waals surface area contributed by atoms with Gasteiger partial charge in [-0.3, -0.25) is 4.79 Å². The van der Waals surface area contributed by atoms with Crippen molar-refractivity contribution in [2.45, 2.75) is 0 Å². The largest absolute Gasteiger partial charge is 0.508 e. The van der Waals surface area contributed by atoms with Gasteiger partial charge in [0.2, 0.25) is 0 Å². The molecule has 0 atom stereocenters. The average Bonchev–Trinajstić information content (AvgIpc) is 3.21. The fourth-order valence-corrected chi connectivity index (χ4v) is 2.58. The number of imidazole rings is 1. The second kappa shape index (κ2) is 5.14. The summed E-state index contributed by atoms with van der Waals surface area (Å²) in [6, 6.07) is 14.4. The van der Waals surface area contributed by atoms with E-state index in [-0.39, 0.29) is 5.75 Å². The molecule has 5 nitrogen and oxygen atoms in total. The quantitative estimate of drug-likeness (QED) is 0.504. The number of aromatic nitrogens is 3. The number of nitrogens with one attached hydrogen (secondary N) is 2. The Bertz CT molecular complexity index is 997. The number of H-pyrrole nitrogens is 2. The third-order valence-electron chi connectivity index (χ3n) is 3.78. The first-order valence-electron chi connectivity index (χ1n) is 7.16. The Morgan fingerprint density at radius 2 is 1.83 bits per heavy atom. The second-order valence-electron chi connectivity index (χ2n) is 5.33. The van der Waals surface area contributed by atoms with Gasteiger partial charge in [-0.1, -0.05) is 12.1 Å². The highest BCUT2D eigenvalue weighted by atomic mass is 16.3. The number of rotatable bonds is 3. The number of phenols is 1. The fraction of sp³-hybridized carbons (Fsp3) is 0. The summed E-state index contributed by atoms with van der Waals surface area (Å²) >= 11 is 0. The normalized spacial score (nSPS) is 11.0. The molecular formula is C18H13N3O2. The molecule has 0 amide bonds. The lowest BCUT2D eigenvalue weighted by Crippen LogP contribution is -1.78. The third-order valence-corrected chi connectivity index (χ3v) is 3.78. The van der Waals surface area contributed by atoms with Crippen LogP contribution in [0, 0.1) is 0 Å². The lowest BCUT2D eigenvalue weighted by molar-refractivity contribution is 0.112. The molecule has 0 spiro atoms. The topological polar surface area (TPSA) is 81.8 Å². The molecule has 2 aromatic heterocycles. The molecule has 4 rings (SSSR count). The Kier molecular flexibility index (Phi) is 2.98. The van der Waals surface area contributed by atoms with Crippen LogP contribution in [-0.2, 0) is 0 Å². The Hall–Kier alpha value is -3.34. The van der Waals surface area contributed by atoms with Crippen molar-refractivity contribution in [2.75, 3.05) is 0 Å². The van der Waals surface area contributed by atoms with Gasteiger partial charge >= 0.3 is 0 Å². The maximum Gasteiger partial charge on any atom is 0.154 e. The molecule has 0 fully saturated rings. The molecule has 2 heterocycles. The number of aromatic hydroxyl groups is 1. The van der Waals surface area contributed by atoms with E-state index in [0.717, 1.165) is 34.1 Å². The predicted molar refractivity (Wildman–Crippen MR) is 88.4 cm³/mol. The van der Waals surface area contributed by atoms with Gasteiger partial charge in [0.25, 0.3) is 0 Å². The molecule has 0 aliphatic carbocycles. The number of carbonyl (C=O) groups excluding carboxylic acids is 1. The van der Waals surface area contributed by atoms with Crippen LogP contribution in [0.5, 0.6) is 5.75 Å². The number of phenolic OH excluding ortho intramolecular Hbond substituents is 1. The first-order valence-corrected chi connectivity index (χ1v) is 7.16. The van der Waals surface area contributed by atoms with E-state index >= 15 is 0 Å². The van der Waals surface area contributed by atoms with Gasteiger partial charge in [-0.15, -0.1) is 0 Å². The molecule has 112 valence electrons. The van der Waals surface area contributed by atoms with Crippen LogP contribution in [0.4, 0.5) is 0 Å². The van der Waals surface area contributed by atoms with Gasteiger partial charge < -0.3 is 15.1 Å². The van der Waals surface area contributed by atoms with E-state index in [4.69, 9.17) is 0 Å². The van der Waals surface area contributed by atoms with Gasteiger partial charge in [0, 0.05) is 11.8 Å². The zero-order valence-electron chi connectivity index (χ0n) is 12.1. The van der Waals surface area contributed by atoms with Crippen molar-refractivity contribution in [1.29, 1.82) is 0 Å². The molecule has 0 saturated heterocycles. The van der Waals surface area contributed by atoms with Crippen LogP contribution >= 0.6 is 0 Å². The first kappa shape index (κ1) is 13.3. The molecule has 0 aliphatic rings. The number of aromatic amines is 2. The van der Waals surface area contributed by atoms with Gasteiger partial charge in [0.15, 0.2) is 5.82 Å². The maximum absolute atomic E-state index is 10.8. The van der Waals surface area contributed by atoms with Crippen LogP contribution in [-0.4, -0.2) is 26.3 Å². The van der Waals surface area contributed by atoms with E-state index in [0.29, 0.717) is 11.4 Å². The van der Waals surface area contributed by atoms with Gasteiger partial charge in [0.1, 0.15) is 12.0 Å². The maximum atomic E-state index is 10.8. The summed E-state index contributed by atoms with van der Waals surface area (Å²) in [6.07, 6.45) is 2.71. The summed E-state index contributed by atoms with van der Waals surface area (Å²) in [5.41, 5.74) is 5.11. The van der Waals surface area contributed by atoms with Crippen molar-refractivity contribution in [3.8, 4) is 28.4 Å². The highest BCUT2D eigenvalue weighted by Gasteiger charge is 2.09. The number of nitrogens with zero attached hydrogens (tertiary/aromatic N) is 1. The van der Waals surface area contributed by atoms with E-state index in [1.165, 1.54) is 0 Å². The zero-order valence-corrected chi connectivity index (χ0v) is 12.1. The summed E-state index contributed by atoms with van der Waals surface area (Å²) in [4.78, 5) is 21.8. The number of aldehydes is 1. The number of hydrogen-bond donors (Lipinski definition) is 3. The number of carbonyl (C=O) groups is 1. The van der Waals surface area contributed by atoms with E-state index in [9.17, 15) is 9.90 Å². The van der Waals surface area contributed by atoms with Crippen LogP contribution in [0.2, 0.25) is 0 Å². The fourth-order valence-electron chi connectivity index (χ4n) is 2.58. The van der Waals surface area contributed by atoms with Crippen LogP contribution in [0.1, 0.15) is 10.4 Å². The molecule has 4 aromatic rings. The van der Waals surface area contributed by atoms with E-state index in [2.05, 4.69) is 15.0 Å². The van der Waals surface area contributed by atoms with Crippen LogP contribution in [0.3, 0.4) is 0 Å². The van der Waals surface area contributed by atoms with Crippen LogP contribution < -0.4 is 0 Å². The van der Waals surface area contributed by atoms with Gasteiger partial charge in [-0.2, -0.15) is 0 Å². The van der Waals surface area contributed by atoms with Crippen LogP contribution in [0.15, 0.2) is 54.7 Å². The molecule has 0 aliphatic heterocycles. The highest BCUT2D eigenvalue weighted by Crippen LogP contribution is 2.27. The van der Waals surface area contributed by atoms with Crippen molar-refractivity contribution < 1.29 is 9.90 Å². The van der Waals surface area contributed by atoms with Gasteiger partial charge in [-0.05, 0) is 47.5 Å². The monoisotopic (exact) mass is 303 g/mol. The average molecular weight is 303 g/mol.